The summed E-state index contributed by atoms with van der Waals surface area (Å²) in [7, 11) is 1.90. The Bertz CT molecular complexity index is 737. The second kappa shape index (κ2) is 10.8. The van der Waals surface area contributed by atoms with Crippen LogP contribution in [0.15, 0.2) is 66.7 Å². The molecule has 1 heterocycles. The molecule has 1 saturated heterocycles. The lowest BCUT2D eigenvalue weighted by Gasteiger charge is -2.34. The van der Waals surface area contributed by atoms with Crippen molar-refractivity contribution in [1.82, 2.24) is 14.7 Å². The molecule has 0 atom stereocenters. The molecular formula is C24H31N3O. The molecule has 0 bridgehead atoms. The van der Waals surface area contributed by atoms with Gasteiger partial charge in [-0.1, -0.05) is 72.8 Å². The Balaban J connectivity index is 1.33. The van der Waals surface area contributed by atoms with E-state index in [-0.39, 0.29) is 5.91 Å². The molecule has 1 fully saturated rings. The Morgan fingerprint density at radius 2 is 1.54 bits per heavy atom. The molecule has 0 unspecified atom stereocenters. The van der Waals surface area contributed by atoms with Gasteiger partial charge in [-0.15, -0.1) is 0 Å². The van der Waals surface area contributed by atoms with Crippen LogP contribution < -0.4 is 0 Å². The van der Waals surface area contributed by atoms with Crippen LogP contribution in [0.3, 0.4) is 0 Å². The van der Waals surface area contributed by atoms with Gasteiger partial charge in [0.05, 0.1) is 0 Å². The van der Waals surface area contributed by atoms with Gasteiger partial charge in [0, 0.05) is 59.3 Å². The molecule has 1 aliphatic heterocycles. The predicted molar refractivity (Wildman–Crippen MR) is 116 cm³/mol. The highest BCUT2D eigenvalue weighted by Crippen LogP contribution is 2.07. The molecule has 0 aliphatic carbocycles. The second-order valence-corrected chi connectivity index (χ2v) is 7.44. The molecule has 1 aliphatic rings. The molecule has 28 heavy (non-hydrogen) atoms. The lowest BCUT2D eigenvalue weighted by molar-refractivity contribution is -0.130. The maximum atomic E-state index is 12.4. The highest BCUT2D eigenvalue weighted by Gasteiger charge is 2.17. The Morgan fingerprint density at radius 3 is 2.21 bits per heavy atom. The molecule has 4 heteroatoms. The first kappa shape index (κ1) is 20.3. The third kappa shape index (κ3) is 6.63. The van der Waals surface area contributed by atoms with E-state index in [1.165, 1.54) is 11.1 Å². The molecule has 3 rings (SSSR count). The first-order chi connectivity index (χ1) is 13.7. The number of hydrogen-bond donors (Lipinski definition) is 0. The van der Waals surface area contributed by atoms with Gasteiger partial charge in [0.1, 0.15) is 0 Å². The third-order valence-corrected chi connectivity index (χ3v) is 5.27. The SMILES string of the molecule is CN(Cc1ccccc1)C(=O)CCN1CCN(C/C=C/c2ccccc2)CC1. The summed E-state index contributed by atoms with van der Waals surface area (Å²) in [5.41, 5.74) is 2.43. The van der Waals surface area contributed by atoms with Crippen molar-refractivity contribution in [3.63, 3.8) is 0 Å². The molecule has 0 N–H and O–H groups in total. The monoisotopic (exact) mass is 377 g/mol. The minimum absolute atomic E-state index is 0.220. The molecule has 2 aromatic carbocycles. The van der Waals surface area contributed by atoms with Gasteiger partial charge >= 0.3 is 0 Å². The normalized spacial score (nSPS) is 15.8. The van der Waals surface area contributed by atoms with Gasteiger partial charge in [-0.05, 0) is 11.1 Å². The van der Waals surface area contributed by atoms with E-state index < -0.39 is 0 Å². The molecule has 4 nitrogen and oxygen atoms in total. The summed E-state index contributed by atoms with van der Waals surface area (Å²) in [5.74, 6) is 0.220. The van der Waals surface area contributed by atoms with E-state index in [0.29, 0.717) is 13.0 Å². The maximum Gasteiger partial charge on any atom is 0.223 e. The molecule has 0 saturated carbocycles. The largest absolute Gasteiger partial charge is 0.341 e. The molecule has 0 radical (unpaired) electrons. The van der Waals surface area contributed by atoms with Crippen LogP contribution in [0.5, 0.6) is 0 Å². The fourth-order valence-electron chi connectivity index (χ4n) is 3.49. The van der Waals surface area contributed by atoms with Crippen molar-refractivity contribution >= 4 is 12.0 Å². The number of hydrogen-bond acceptors (Lipinski definition) is 3. The van der Waals surface area contributed by atoms with Gasteiger partial charge in [0.15, 0.2) is 0 Å². The quantitative estimate of drug-likeness (QED) is 0.706. The van der Waals surface area contributed by atoms with Crippen molar-refractivity contribution in [3.05, 3.63) is 77.9 Å². The van der Waals surface area contributed by atoms with Crippen LogP contribution >= 0.6 is 0 Å². The van der Waals surface area contributed by atoms with Gasteiger partial charge < -0.3 is 9.80 Å². The molecule has 2 aromatic rings. The van der Waals surface area contributed by atoms with Gasteiger partial charge in [0.25, 0.3) is 0 Å². The number of benzene rings is 2. The van der Waals surface area contributed by atoms with Crippen LogP contribution in [0.1, 0.15) is 17.5 Å². The first-order valence-corrected chi connectivity index (χ1v) is 10.1. The fraction of sp³-hybridized carbons (Fsp3) is 0.375. The fourth-order valence-corrected chi connectivity index (χ4v) is 3.49. The van der Waals surface area contributed by atoms with Gasteiger partial charge in [-0.3, -0.25) is 9.69 Å². The highest BCUT2D eigenvalue weighted by atomic mass is 16.2. The lowest BCUT2D eigenvalue weighted by atomic mass is 10.2. The summed E-state index contributed by atoms with van der Waals surface area (Å²) < 4.78 is 0. The van der Waals surface area contributed by atoms with Crippen molar-refractivity contribution in [2.75, 3.05) is 46.3 Å². The summed E-state index contributed by atoms with van der Waals surface area (Å²) in [6.45, 7) is 6.72. The molecular weight excluding hydrogens is 346 g/mol. The van der Waals surface area contributed by atoms with E-state index in [4.69, 9.17) is 0 Å². The average Bonchev–Trinajstić information content (AvgIpc) is 2.74. The van der Waals surface area contributed by atoms with E-state index >= 15 is 0 Å². The third-order valence-electron chi connectivity index (χ3n) is 5.27. The minimum atomic E-state index is 0.220. The number of carbonyl (C=O) groups excluding carboxylic acids is 1. The Kier molecular flexibility index (Phi) is 7.82. The van der Waals surface area contributed by atoms with Crippen LogP contribution in [0.25, 0.3) is 6.08 Å². The molecule has 148 valence electrons. The summed E-state index contributed by atoms with van der Waals surface area (Å²) in [4.78, 5) is 19.1. The Morgan fingerprint density at radius 1 is 0.929 bits per heavy atom. The molecule has 0 aromatic heterocycles. The van der Waals surface area contributed by atoms with E-state index in [2.05, 4.69) is 58.4 Å². The summed E-state index contributed by atoms with van der Waals surface area (Å²) in [5, 5.41) is 0. The van der Waals surface area contributed by atoms with Gasteiger partial charge in [0.2, 0.25) is 5.91 Å². The summed E-state index contributed by atoms with van der Waals surface area (Å²) in [6, 6.07) is 20.6. The Hall–Kier alpha value is -2.43. The van der Waals surface area contributed by atoms with E-state index in [1.54, 1.807) is 0 Å². The van der Waals surface area contributed by atoms with Crippen molar-refractivity contribution in [3.8, 4) is 0 Å². The highest BCUT2D eigenvalue weighted by molar-refractivity contribution is 5.76. The number of nitrogens with zero attached hydrogens (tertiary/aromatic N) is 3. The van der Waals surface area contributed by atoms with Crippen LogP contribution in [0.4, 0.5) is 0 Å². The smallest absolute Gasteiger partial charge is 0.223 e. The topological polar surface area (TPSA) is 26.8 Å². The molecule has 1 amide bonds. The molecule has 0 spiro atoms. The van der Waals surface area contributed by atoms with Gasteiger partial charge in [-0.25, -0.2) is 0 Å². The number of carbonyl (C=O) groups is 1. The number of rotatable bonds is 8. The summed E-state index contributed by atoms with van der Waals surface area (Å²) >= 11 is 0. The van der Waals surface area contributed by atoms with Crippen molar-refractivity contribution < 1.29 is 4.79 Å². The van der Waals surface area contributed by atoms with Crippen LogP contribution in [0, 0.1) is 0 Å². The maximum absolute atomic E-state index is 12.4. The zero-order valence-corrected chi connectivity index (χ0v) is 16.8. The standard InChI is InChI=1S/C24H31N3O/c1-25(21-23-11-6-3-7-12-23)24(28)14-16-27-19-17-26(18-20-27)15-8-13-22-9-4-2-5-10-22/h2-13H,14-21H2,1H3/b13-8+. The van der Waals surface area contributed by atoms with Crippen LogP contribution in [-0.2, 0) is 11.3 Å². The first-order valence-electron chi connectivity index (χ1n) is 10.1. The lowest BCUT2D eigenvalue weighted by Crippen LogP contribution is -2.47. The van der Waals surface area contributed by atoms with Crippen LogP contribution in [-0.4, -0.2) is 66.9 Å². The van der Waals surface area contributed by atoms with Crippen LogP contribution in [0.2, 0.25) is 0 Å². The van der Waals surface area contributed by atoms with E-state index in [9.17, 15) is 4.79 Å². The number of piperazine rings is 1. The van der Waals surface area contributed by atoms with Crippen molar-refractivity contribution in [2.24, 2.45) is 0 Å². The summed E-state index contributed by atoms with van der Waals surface area (Å²) in [6.07, 6.45) is 5.03. The van der Waals surface area contributed by atoms with Crippen molar-refractivity contribution in [1.29, 1.82) is 0 Å². The average molecular weight is 378 g/mol. The number of amides is 1. The predicted octanol–water partition coefficient (Wildman–Crippen LogP) is 3.37. The van der Waals surface area contributed by atoms with E-state index in [0.717, 1.165) is 39.3 Å². The van der Waals surface area contributed by atoms with Gasteiger partial charge in [-0.2, -0.15) is 0 Å². The second-order valence-electron chi connectivity index (χ2n) is 7.44. The minimum Gasteiger partial charge on any atom is -0.341 e. The van der Waals surface area contributed by atoms with Crippen molar-refractivity contribution in [2.45, 2.75) is 13.0 Å². The zero-order valence-electron chi connectivity index (χ0n) is 16.8. The zero-order chi connectivity index (χ0) is 19.6. The Labute approximate surface area is 169 Å². The van der Waals surface area contributed by atoms with E-state index in [1.807, 2.05) is 36.2 Å².